The van der Waals surface area contributed by atoms with Gasteiger partial charge in [0.15, 0.2) is 0 Å². The topological polar surface area (TPSA) is 66.9 Å². The van der Waals surface area contributed by atoms with Crippen molar-refractivity contribution in [3.63, 3.8) is 0 Å². The van der Waals surface area contributed by atoms with Crippen LogP contribution in [0.3, 0.4) is 0 Å². The Bertz CT molecular complexity index is 986. The summed E-state index contributed by atoms with van der Waals surface area (Å²) in [4.78, 5) is 13.7. The average molecular weight is 421 g/mol. The van der Waals surface area contributed by atoms with E-state index in [9.17, 15) is 17.6 Å². The molecule has 1 fully saturated rings. The summed E-state index contributed by atoms with van der Waals surface area (Å²) in [6, 6.07) is 11.1. The molecule has 0 N–H and O–H groups in total. The van der Waals surface area contributed by atoms with Crippen molar-refractivity contribution in [1.82, 2.24) is 9.21 Å². The van der Waals surface area contributed by atoms with Gasteiger partial charge in [-0.2, -0.15) is 4.31 Å². The van der Waals surface area contributed by atoms with Crippen molar-refractivity contribution in [1.29, 1.82) is 0 Å². The van der Waals surface area contributed by atoms with Crippen LogP contribution in [0.2, 0.25) is 0 Å². The zero-order valence-corrected chi connectivity index (χ0v) is 17.4. The molecular formula is C21H25FN2O4S. The van der Waals surface area contributed by atoms with Crippen molar-refractivity contribution < 1.29 is 22.3 Å². The van der Waals surface area contributed by atoms with Crippen molar-refractivity contribution in [2.24, 2.45) is 0 Å². The van der Waals surface area contributed by atoms with E-state index in [0.29, 0.717) is 0 Å². The standard InChI is InChI=1S/C21H25FN2O4S/c1-16-7-8-18(15-17(16)2)28-14-9-21(25)23-10-12-24(13-11-23)29(26,27)20-6-4-3-5-19(20)22/h3-8,15H,9-14H2,1-2H3. The first-order chi connectivity index (χ1) is 13.8. The molecule has 1 aliphatic heterocycles. The number of benzene rings is 2. The molecule has 2 aromatic carbocycles. The second-order valence-electron chi connectivity index (χ2n) is 7.06. The molecule has 0 atom stereocenters. The molecule has 0 radical (unpaired) electrons. The van der Waals surface area contributed by atoms with Gasteiger partial charge >= 0.3 is 0 Å². The van der Waals surface area contributed by atoms with Crippen LogP contribution in [0.15, 0.2) is 47.4 Å². The van der Waals surface area contributed by atoms with Crippen molar-refractivity contribution in [3.05, 3.63) is 59.4 Å². The Labute approximate surface area is 170 Å². The molecule has 0 aliphatic carbocycles. The number of amides is 1. The van der Waals surface area contributed by atoms with Crippen LogP contribution < -0.4 is 4.74 Å². The number of hydrogen-bond donors (Lipinski definition) is 0. The van der Waals surface area contributed by atoms with Gasteiger partial charge in [-0.05, 0) is 49.2 Å². The van der Waals surface area contributed by atoms with Crippen LogP contribution in [-0.2, 0) is 14.8 Å². The Hall–Kier alpha value is -2.45. The molecule has 1 heterocycles. The second kappa shape index (κ2) is 8.92. The molecule has 8 heteroatoms. The summed E-state index contributed by atoms with van der Waals surface area (Å²) < 4.78 is 46.0. The Morgan fingerprint density at radius 2 is 1.72 bits per heavy atom. The lowest BCUT2D eigenvalue weighted by atomic mass is 10.1. The molecule has 0 saturated carbocycles. The third-order valence-electron chi connectivity index (χ3n) is 5.11. The van der Waals surface area contributed by atoms with Gasteiger partial charge in [-0.25, -0.2) is 12.8 Å². The van der Waals surface area contributed by atoms with E-state index in [2.05, 4.69) is 0 Å². The average Bonchev–Trinajstić information content (AvgIpc) is 2.71. The number of sulfonamides is 1. The number of halogens is 1. The fourth-order valence-electron chi connectivity index (χ4n) is 3.19. The number of rotatable bonds is 6. The highest BCUT2D eigenvalue weighted by Gasteiger charge is 2.31. The highest BCUT2D eigenvalue weighted by Crippen LogP contribution is 2.21. The number of hydrogen-bond acceptors (Lipinski definition) is 4. The van der Waals surface area contributed by atoms with E-state index in [1.54, 1.807) is 4.90 Å². The monoisotopic (exact) mass is 420 g/mol. The van der Waals surface area contributed by atoms with Gasteiger partial charge in [-0.15, -0.1) is 0 Å². The molecule has 1 aliphatic rings. The van der Waals surface area contributed by atoms with E-state index < -0.39 is 15.8 Å². The maximum absolute atomic E-state index is 13.9. The summed E-state index contributed by atoms with van der Waals surface area (Å²) in [7, 11) is -3.91. The zero-order valence-electron chi connectivity index (χ0n) is 16.6. The number of ether oxygens (including phenoxy) is 1. The maximum Gasteiger partial charge on any atom is 0.246 e. The molecule has 3 rings (SSSR count). The quantitative estimate of drug-likeness (QED) is 0.721. The highest BCUT2D eigenvalue weighted by molar-refractivity contribution is 7.89. The van der Waals surface area contributed by atoms with Gasteiger partial charge in [0.25, 0.3) is 0 Å². The molecule has 1 saturated heterocycles. The Kier molecular flexibility index (Phi) is 6.54. The van der Waals surface area contributed by atoms with Crippen molar-refractivity contribution in [3.8, 4) is 5.75 Å². The molecule has 0 bridgehead atoms. The second-order valence-corrected chi connectivity index (χ2v) is 8.97. The Morgan fingerprint density at radius 3 is 2.38 bits per heavy atom. The third-order valence-corrected chi connectivity index (χ3v) is 7.04. The summed E-state index contributed by atoms with van der Waals surface area (Å²) in [6.45, 7) is 5.11. The molecule has 2 aromatic rings. The predicted octanol–water partition coefficient (Wildman–Crippen LogP) is 2.74. The first kappa shape index (κ1) is 21.3. The molecule has 29 heavy (non-hydrogen) atoms. The smallest absolute Gasteiger partial charge is 0.246 e. The molecule has 1 amide bonds. The van der Waals surface area contributed by atoms with Crippen molar-refractivity contribution >= 4 is 15.9 Å². The molecule has 6 nitrogen and oxygen atoms in total. The van der Waals surface area contributed by atoms with Crippen LogP contribution in [0, 0.1) is 19.7 Å². The zero-order chi connectivity index (χ0) is 21.0. The van der Waals surface area contributed by atoms with Gasteiger partial charge < -0.3 is 9.64 Å². The van der Waals surface area contributed by atoms with Gasteiger partial charge in [0.2, 0.25) is 15.9 Å². The number of carbonyl (C=O) groups excluding carboxylic acids is 1. The van der Waals surface area contributed by atoms with Crippen LogP contribution in [0.1, 0.15) is 17.5 Å². The summed E-state index contributed by atoms with van der Waals surface area (Å²) in [5, 5.41) is 0. The van der Waals surface area contributed by atoms with Gasteiger partial charge in [0, 0.05) is 26.2 Å². The fourth-order valence-corrected chi connectivity index (χ4v) is 4.68. The first-order valence-electron chi connectivity index (χ1n) is 9.51. The minimum atomic E-state index is -3.91. The van der Waals surface area contributed by atoms with Crippen LogP contribution in [0.5, 0.6) is 5.75 Å². The molecule has 0 aromatic heterocycles. The SMILES string of the molecule is Cc1ccc(OCCC(=O)N2CCN(S(=O)(=O)c3ccccc3F)CC2)cc1C. The summed E-state index contributed by atoms with van der Waals surface area (Å²) >= 11 is 0. The van der Waals surface area contributed by atoms with E-state index in [1.807, 2.05) is 32.0 Å². The Balaban J connectivity index is 1.50. The minimum absolute atomic E-state index is 0.0863. The Morgan fingerprint density at radius 1 is 1.03 bits per heavy atom. The van der Waals surface area contributed by atoms with E-state index in [1.165, 1.54) is 28.1 Å². The van der Waals surface area contributed by atoms with Crippen LogP contribution in [0.25, 0.3) is 0 Å². The fraction of sp³-hybridized carbons (Fsp3) is 0.381. The molecule has 0 spiro atoms. The van der Waals surface area contributed by atoms with Crippen LogP contribution in [0.4, 0.5) is 4.39 Å². The number of carbonyl (C=O) groups is 1. The number of piperazine rings is 1. The number of nitrogens with zero attached hydrogens (tertiary/aromatic N) is 2. The van der Waals surface area contributed by atoms with Gasteiger partial charge in [0.1, 0.15) is 16.5 Å². The predicted molar refractivity (Wildman–Crippen MR) is 108 cm³/mol. The minimum Gasteiger partial charge on any atom is -0.493 e. The summed E-state index contributed by atoms with van der Waals surface area (Å²) in [5.74, 6) is -0.132. The van der Waals surface area contributed by atoms with E-state index in [0.717, 1.165) is 17.4 Å². The van der Waals surface area contributed by atoms with E-state index >= 15 is 0 Å². The normalized spacial score (nSPS) is 15.3. The van der Waals surface area contributed by atoms with Gasteiger partial charge in [0.05, 0.1) is 13.0 Å². The van der Waals surface area contributed by atoms with Crippen LogP contribution >= 0.6 is 0 Å². The largest absolute Gasteiger partial charge is 0.493 e. The lowest BCUT2D eigenvalue weighted by Crippen LogP contribution is -2.50. The lowest BCUT2D eigenvalue weighted by molar-refractivity contribution is -0.132. The number of aryl methyl sites for hydroxylation is 2. The van der Waals surface area contributed by atoms with Gasteiger partial charge in [-0.3, -0.25) is 4.79 Å². The van der Waals surface area contributed by atoms with Gasteiger partial charge in [-0.1, -0.05) is 18.2 Å². The van der Waals surface area contributed by atoms with E-state index in [4.69, 9.17) is 4.74 Å². The molecule has 156 valence electrons. The van der Waals surface area contributed by atoms with Crippen molar-refractivity contribution in [2.45, 2.75) is 25.2 Å². The summed E-state index contributed by atoms with van der Waals surface area (Å²) in [6.07, 6.45) is 0.215. The molecular weight excluding hydrogens is 395 g/mol. The lowest BCUT2D eigenvalue weighted by Gasteiger charge is -2.34. The van der Waals surface area contributed by atoms with Crippen LogP contribution in [-0.4, -0.2) is 56.3 Å². The maximum atomic E-state index is 13.9. The summed E-state index contributed by atoms with van der Waals surface area (Å²) in [5.41, 5.74) is 2.30. The first-order valence-corrected chi connectivity index (χ1v) is 11.0. The molecule has 0 unspecified atom stereocenters. The van der Waals surface area contributed by atoms with Crippen molar-refractivity contribution in [2.75, 3.05) is 32.8 Å². The highest BCUT2D eigenvalue weighted by atomic mass is 32.2. The third kappa shape index (κ3) is 4.94. The van der Waals surface area contributed by atoms with E-state index in [-0.39, 0.29) is 50.0 Å².